The van der Waals surface area contributed by atoms with E-state index in [1.165, 1.54) is 4.90 Å². The summed E-state index contributed by atoms with van der Waals surface area (Å²) >= 11 is 0. The molecule has 0 heterocycles. The molecule has 9 heteroatoms. The SMILES string of the molecule is CCCCOCCNC(=O)CN(CC=O)CCN(CC=O)CC(=O)O. The molecule has 0 saturated heterocycles. The van der Waals surface area contributed by atoms with E-state index in [0.717, 1.165) is 12.8 Å². The predicted molar refractivity (Wildman–Crippen MR) is 91.4 cm³/mol. The highest BCUT2D eigenvalue weighted by Crippen LogP contribution is 1.92. The predicted octanol–water partition coefficient (Wildman–Crippen LogP) is -0.994. The van der Waals surface area contributed by atoms with Crippen molar-refractivity contribution in [1.82, 2.24) is 15.1 Å². The first-order valence-electron chi connectivity index (χ1n) is 8.41. The molecule has 0 unspecified atom stereocenters. The van der Waals surface area contributed by atoms with Crippen LogP contribution in [0.4, 0.5) is 0 Å². The lowest BCUT2D eigenvalue weighted by molar-refractivity contribution is -0.138. The number of carboxylic acids is 1. The summed E-state index contributed by atoms with van der Waals surface area (Å²) in [7, 11) is 0. The van der Waals surface area contributed by atoms with Crippen molar-refractivity contribution in [3.8, 4) is 0 Å². The summed E-state index contributed by atoms with van der Waals surface area (Å²) in [6.07, 6.45) is 3.34. The minimum atomic E-state index is -1.04. The minimum Gasteiger partial charge on any atom is -0.480 e. The van der Waals surface area contributed by atoms with E-state index in [9.17, 15) is 19.2 Å². The van der Waals surface area contributed by atoms with Gasteiger partial charge in [-0.15, -0.1) is 0 Å². The molecule has 0 aliphatic heterocycles. The Labute approximate surface area is 148 Å². The zero-order chi connectivity index (χ0) is 18.9. The number of ether oxygens (including phenoxy) is 1. The molecular formula is C16H29N3O6. The number of carboxylic acid groups (broad SMARTS) is 1. The number of aldehydes is 2. The number of nitrogens with one attached hydrogen (secondary N) is 1. The molecule has 0 aromatic rings. The summed E-state index contributed by atoms with van der Waals surface area (Å²) < 4.78 is 5.34. The van der Waals surface area contributed by atoms with E-state index in [4.69, 9.17) is 9.84 Å². The zero-order valence-electron chi connectivity index (χ0n) is 14.8. The first-order valence-corrected chi connectivity index (χ1v) is 8.41. The molecule has 0 spiro atoms. The van der Waals surface area contributed by atoms with Gasteiger partial charge in [-0.2, -0.15) is 0 Å². The maximum atomic E-state index is 11.9. The van der Waals surface area contributed by atoms with Crippen LogP contribution in [0.2, 0.25) is 0 Å². The third-order valence-corrected chi connectivity index (χ3v) is 3.33. The van der Waals surface area contributed by atoms with Crippen LogP contribution in [0.3, 0.4) is 0 Å². The van der Waals surface area contributed by atoms with Crippen LogP contribution in [0.1, 0.15) is 19.8 Å². The normalized spacial score (nSPS) is 10.8. The van der Waals surface area contributed by atoms with Crippen molar-refractivity contribution in [1.29, 1.82) is 0 Å². The van der Waals surface area contributed by atoms with Crippen molar-refractivity contribution >= 4 is 24.4 Å². The molecule has 0 rings (SSSR count). The lowest BCUT2D eigenvalue weighted by Gasteiger charge is -2.23. The van der Waals surface area contributed by atoms with Crippen molar-refractivity contribution in [2.24, 2.45) is 0 Å². The average molecular weight is 359 g/mol. The topological polar surface area (TPSA) is 116 Å². The van der Waals surface area contributed by atoms with Crippen LogP contribution in [0.5, 0.6) is 0 Å². The monoisotopic (exact) mass is 359 g/mol. The number of nitrogens with zero attached hydrogens (tertiary/aromatic N) is 2. The van der Waals surface area contributed by atoms with Gasteiger partial charge in [0.1, 0.15) is 12.6 Å². The van der Waals surface area contributed by atoms with E-state index in [-0.39, 0.29) is 38.6 Å². The highest BCUT2D eigenvalue weighted by atomic mass is 16.5. The third-order valence-electron chi connectivity index (χ3n) is 3.33. The highest BCUT2D eigenvalue weighted by Gasteiger charge is 2.14. The molecule has 0 radical (unpaired) electrons. The molecule has 25 heavy (non-hydrogen) atoms. The quantitative estimate of drug-likeness (QED) is 0.251. The summed E-state index contributed by atoms with van der Waals surface area (Å²) in [5.41, 5.74) is 0. The van der Waals surface area contributed by atoms with Gasteiger partial charge in [-0.3, -0.25) is 19.4 Å². The van der Waals surface area contributed by atoms with Crippen molar-refractivity contribution in [3.63, 3.8) is 0 Å². The van der Waals surface area contributed by atoms with Gasteiger partial charge in [-0.25, -0.2) is 0 Å². The fourth-order valence-electron chi connectivity index (χ4n) is 2.02. The maximum absolute atomic E-state index is 11.9. The Balaban J connectivity index is 4.16. The fourth-order valence-corrected chi connectivity index (χ4v) is 2.02. The summed E-state index contributed by atoms with van der Waals surface area (Å²) in [6, 6.07) is 0. The summed E-state index contributed by atoms with van der Waals surface area (Å²) in [5.74, 6) is -1.27. The molecule has 0 aliphatic carbocycles. The number of hydrogen-bond acceptors (Lipinski definition) is 7. The molecule has 0 fully saturated rings. The fraction of sp³-hybridized carbons (Fsp3) is 0.750. The Bertz CT molecular complexity index is 405. The number of amides is 1. The lowest BCUT2D eigenvalue weighted by atomic mass is 10.4. The summed E-state index contributed by atoms with van der Waals surface area (Å²) in [4.78, 5) is 47.0. The van der Waals surface area contributed by atoms with E-state index in [2.05, 4.69) is 12.2 Å². The van der Waals surface area contributed by atoms with Gasteiger partial charge in [0, 0.05) is 26.2 Å². The lowest BCUT2D eigenvalue weighted by Crippen LogP contribution is -2.44. The molecule has 0 aromatic heterocycles. The molecule has 0 bridgehead atoms. The van der Waals surface area contributed by atoms with Crippen molar-refractivity contribution in [2.75, 3.05) is 59.0 Å². The maximum Gasteiger partial charge on any atom is 0.317 e. The standard InChI is InChI=1S/C16H29N3O6/c1-2-3-11-25-12-4-17-15(22)13-18(7-9-20)5-6-19(8-10-21)14-16(23)24/h9-10H,2-8,11-14H2,1H3,(H,17,22)(H,23,24). The first kappa shape index (κ1) is 23.2. The number of unbranched alkanes of at least 4 members (excludes halogenated alkanes) is 1. The number of aliphatic carboxylic acids is 1. The Hall–Kier alpha value is -1.84. The second-order valence-electron chi connectivity index (χ2n) is 5.51. The Morgan fingerprint density at radius 1 is 1.04 bits per heavy atom. The smallest absolute Gasteiger partial charge is 0.317 e. The first-order chi connectivity index (χ1) is 12.0. The molecule has 144 valence electrons. The third kappa shape index (κ3) is 14.2. The van der Waals surface area contributed by atoms with Crippen LogP contribution in [0.15, 0.2) is 0 Å². The van der Waals surface area contributed by atoms with E-state index in [1.807, 2.05) is 0 Å². The number of hydrogen-bond donors (Lipinski definition) is 2. The highest BCUT2D eigenvalue weighted by molar-refractivity contribution is 5.78. The molecular weight excluding hydrogens is 330 g/mol. The largest absolute Gasteiger partial charge is 0.480 e. The van der Waals surface area contributed by atoms with Gasteiger partial charge in [0.2, 0.25) is 5.91 Å². The van der Waals surface area contributed by atoms with Crippen molar-refractivity contribution in [2.45, 2.75) is 19.8 Å². The van der Waals surface area contributed by atoms with Crippen LogP contribution < -0.4 is 5.32 Å². The van der Waals surface area contributed by atoms with Gasteiger partial charge in [0.05, 0.1) is 32.8 Å². The molecule has 0 saturated carbocycles. The summed E-state index contributed by atoms with van der Waals surface area (Å²) in [5, 5.41) is 11.5. The Kier molecular flexibility index (Phi) is 14.5. The molecule has 1 amide bonds. The van der Waals surface area contributed by atoms with Crippen LogP contribution >= 0.6 is 0 Å². The minimum absolute atomic E-state index is 0.0114. The van der Waals surface area contributed by atoms with Crippen LogP contribution in [-0.4, -0.2) is 98.4 Å². The van der Waals surface area contributed by atoms with E-state index >= 15 is 0 Å². The molecule has 0 atom stereocenters. The van der Waals surface area contributed by atoms with E-state index < -0.39 is 5.97 Å². The number of carbonyl (C=O) groups excluding carboxylic acids is 3. The molecule has 2 N–H and O–H groups in total. The average Bonchev–Trinajstić information content (AvgIpc) is 2.55. The Morgan fingerprint density at radius 3 is 2.16 bits per heavy atom. The second kappa shape index (κ2) is 15.7. The van der Waals surface area contributed by atoms with Crippen LogP contribution in [0.25, 0.3) is 0 Å². The molecule has 0 aromatic carbocycles. The number of rotatable bonds is 17. The Morgan fingerprint density at radius 2 is 1.64 bits per heavy atom. The second-order valence-corrected chi connectivity index (χ2v) is 5.51. The van der Waals surface area contributed by atoms with Gasteiger partial charge in [-0.05, 0) is 6.42 Å². The zero-order valence-corrected chi connectivity index (χ0v) is 14.8. The van der Waals surface area contributed by atoms with E-state index in [1.54, 1.807) is 4.90 Å². The van der Waals surface area contributed by atoms with Gasteiger partial charge in [0.25, 0.3) is 0 Å². The van der Waals surface area contributed by atoms with Crippen LogP contribution in [0, 0.1) is 0 Å². The van der Waals surface area contributed by atoms with E-state index in [0.29, 0.717) is 38.9 Å². The molecule has 0 aliphatic rings. The van der Waals surface area contributed by atoms with Gasteiger partial charge in [-0.1, -0.05) is 13.3 Å². The van der Waals surface area contributed by atoms with Gasteiger partial charge < -0.3 is 24.7 Å². The number of carbonyl (C=O) groups is 4. The van der Waals surface area contributed by atoms with Gasteiger partial charge >= 0.3 is 5.97 Å². The van der Waals surface area contributed by atoms with Crippen LogP contribution in [-0.2, 0) is 23.9 Å². The van der Waals surface area contributed by atoms with Crippen molar-refractivity contribution < 1.29 is 29.0 Å². The molecule has 9 nitrogen and oxygen atoms in total. The van der Waals surface area contributed by atoms with Gasteiger partial charge in [0.15, 0.2) is 0 Å². The van der Waals surface area contributed by atoms with Crippen molar-refractivity contribution in [3.05, 3.63) is 0 Å². The summed E-state index contributed by atoms with van der Waals surface area (Å²) in [6.45, 7) is 3.94.